The third kappa shape index (κ3) is 5.57. The molecule has 10 nitrogen and oxygen atoms in total. The highest BCUT2D eigenvalue weighted by Crippen LogP contribution is 2.52. The minimum atomic E-state index is -3.54. The van der Waals surface area contributed by atoms with Crippen molar-refractivity contribution in [3.8, 4) is 0 Å². The standard InChI is InChI=1S/C24H31N5O5S/c1-24(2)12-17(24)23(31)27-21-11-19(16(13-25-21)22(30)28-34-4)26-18-9-8-15(14-6-7-14)10-20(18)29(3)35(5,32)33/h8-11,13-14,17H,6-7,12H2,1-5H3,(H,28,30)(H2,25,26,27,31)/t17-/m1/s1. The molecule has 0 aliphatic heterocycles. The molecule has 2 aliphatic rings. The zero-order valence-electron chi connectivity index (χ0n) is 20.5. The van der Waals surface area contributed by atoms with Crippen LogP contribution >= 0.6 is 0 Å². The van der Waals surface area contributed by atoms with Crippen LogP contribution in [0.4, 0.5) is 22.9 Å². The monoisotopic (exact) mass is 501 g/mol. The number of benzene rings is 1. The van der Waals surface area contributed by atoms with Crippen molar-refractivity contribution in [2.24, 2.45) is 11.3 Å². The van der Waals surface area contributed by atoms with Crippen molar-refractivity contribution in [1.29, 1.82) is 0 Å². The van der Waals surface area contributed by atoms with Crippen LogP contribution in [0.25, 0.3) is 0 Å². The first kappa shape index (κ1) is 24.9. The number of hydrogen-bond acceptors (Lipinski definition) is 7. The summed E-state index contributed by atoms with van der Waals surface area (Å²) in [7, 11) is -0.734. The molecule has 0 spiro atoms. The summed E-state index contributed by atoms with van der Waals surface area (Å²) in [5.41, 5.74) is 4.73. The average molecular weight is 502 g/mol. The van der Waals surface area contributed by atoms with Crippen LogP contribution in [-0.2, 0) is 19.7 Å². The third-order valence-corrected chi connectivity index (χ3v) is 7.79. The molecule has 2 saturated carbocycles. The van der Waals surface area contributed by atoms with Gasteiger partial charge in [0.05, 0.1) is 36.0 Å². The molecule has 35 heavy (non-hydrogen) atoms. The van der Waals surface area contributed by atoms with Gasteiger partial charge in [-0.05, 0) is 48.3 Å². The maximum atomic E-state index is 12.6. The number of aromatic nitrogens is 1. The Balaban J connectivity index is 1.70. The molecular weight excluding hydrogens is 470 g/mol. The summed E-state index contributed by atoms with van der Waals surface area (Å²) < 4.78 is 25.9. The van der Waals surface area contributed by atoms with Crippen LogP contribution in [0.3, 0.4) is 0 Å². The molecule has 0 radical (unpaired) electrons. The first-order chi connectivity index (χ1) is 16.4. The van der Waals surface area contributed by atoms with Gasteiger partial charge in [0.25, 0.3) is 5.91 Å². The fourth-order valence-corrected chi connectivity index (χ4v) is 4.50. The molecule has 2 amide bonds. The van der Waals surface area contributed by atoms with E-state index in [1.165, 1.54) is 24.7 Å². The lowest BCUT2D eigenvalue weighted by molar-refractivity contribution is -0.118. The zero-order valence-corrected chi connectivity index (χ0v) is 21.3. The molecule has 1 atom stereocenters. The van der Waals surface area contributed by atoms with Crippen LogP contribution in [0.2, 0.25) is 0 Å². The fourth-order valence-electron chi connectivity index (χ4n) is 3.99. The Morgan fingerprint density at radius 1 is 1.17 bits per heavy atom. The van der Waals surface area contributed by atoms with Gasteiger partial charge in [0.15, 0.2) is 0 Å². The lowest BCUT2D eigenvalue weighted by atomic mass is 10.1. The molecule has 0 unspecified atom stereocenters. The highest BCUT2D eigenvalue weighted by Gasteiger charge is 2.50. The van der Waals surface area contributed by atoms with Gasteiger partial charge in [-0.3, -0.25) is 18.7 Å². The number of sulfonamides is 1. The van der Waals surface area contributed by atoms with Gasteiger partial charge in [0.2, 0.25) is 15.9 Å². The lowest BCUT2D eigenvalue weighted by Gasteiger charge is -2.23. The van der Waals surface area contributed by atoms with Crippen molar-refractivity contribution in [3.05, 3.63) is 41.6 Å². The minimum Gasteiger partial charge on any atom is -0.353 e. The second-order valence-corrected chi connectivity index (χ2v) is 11.9. The van der Waals surface area contributed by atoms with E-state index in [-0.39, 0.29) is 28.6 Å². The summed E-state index contributed by atoms with van der Waals surface area (Å²) >= 11 is 0. The van der Waals surface area contributed by atoms with Gasteiger partial charge < -0.3 is 10.6 Å². The van der Waals surface area contributed by atoms with Crippen molar-refractivity contribution in [3.63, 3.8) is 0 Å². The molecule has 3 N–H and O–H groups in total. The third-order valence-electron chi connectivity index (χ3n) is 6.60. The number of carbonyl (C=O) groups excluding carboxylic acids is 2. The summed E-state index contributed by atoms with van der Waals surface area (Å²) in [6.45, 7) is 4.06. The molecular formula is C24H31N5O5S. The zero-order chi connectivity index (χ0) is 25.5. The molecule has 2 aliphatic carbocycles. The first-order valence-corrected chi connectivity index (χ1v) is 13.2. The predicted octanol–water partition coefficient (Wildman–Crippen LogP) is 3.37. The average Bonchev–Trinajstić information content (AvgIpc) is 3.70. The van der Waals surface area contributed by atoms with Crippen LogP contribution < -0.4 is 20.4 Å². The van der Waals surface area contributed by atoms with Gasteiger partial charge in [0, 0.05) is 25.2 Å². The second kappa shape index (κ2) is 9.12. The van der Waals surface area contributed by atoms with E-state index in [4.69, 9.17) is 4.84 Å². The molecule has 188 valence electrons. The molecule has 2 fully saturated rings. The molecule has 4 rings (SSSR count). The van der Waals surface area contributed by atoms with Gasteiger partial charge in [-0.1, -0.05) is 19.9 Å². The topological polar surface area (TPSA) is 130 Å². The molecule has 0 bridgehead atoms. The van der Waals surface area contributed by atoms with Crippen LogP contribution in [-0.4, -0.2) is 45.6 Å². The molecule has 1 aromatic heterocycles. The number of nitrogens with zero attached hydrogens (tertiary/aromatic N) is 2. The number of hydroxylamine groups is 1. The smallest absolute Gasteiger partial charge is 0.278 e. The van der Waals surface area contributed by atoms with E-state index in [0.717, 1.165) is 31.1 Å². The summed E-state index contributed by atoms with van der Waals surface area (Å²) in [6.07, 6.45) is 5.41. The summed E-state index contributed by atoms with van der Waals surface area (Å²) in [5.74, 6) is -0.0673. The largest absolute Gasteiger partial charge is 0.353 e. The lowest BCUT2D eigenvalue weighted by Crippen LogP contribution is -2.26. The maximum absolute atomic E-state index is 12.6. The number of hydrogen-bond donors (Lipinski definition) is 3. The Morgan fingerprint density at radius 2 is 1.86 bits per heavy atom. The van der Waals surface area contributed by atoms with E-state index < -0.39 is 15.9 Å². The van der Waals surface area contributed by atoms with Crippen molar-refractivity contribution in [1.82, 2.24) is 10.5 Å². The van der Waals surface area contributed by atoms with Crippen molar-refractivity contribution in [2.45, 2.75) is 39.0 Å². The molecule has 11 heteroatoms. The number of nitrogens with one attached hydrogen (secondary N) is 3. The SMILES string of the molecule is CONC(=O)c1cnc(NC(=O)[C@H]2CC2(C)C)cc1Nc1ccc(C2CC2)cc1N(C)S(C)(=O)=O. The Hall–Kier alpha value is -3.18. The number of amides is 2. The van der Waals surface area contributed by atoms with E-state index in [2.05, 4.69) is 21.1 Å². The van der Waals surface area contributed by atoms with E-state index in [1.54, 1.807) is 12.1 Å². The van der Waals surface area contributed by atoms with Gasteiger partial charge in [-0.25, -0.2) is 18.9 Å². The number of carbonyl (C=O) groups is 2. The quantitative estimate of drug-likeness (QED) is 0.449. The molecule has 1 heterocycles. The summed E-state index contributed by atoms with van der Waals surface area (Å²) in [4.78, 5) is 34.2. The Labute approximate surface area is 205 Å². The van der Waals surface area contributed by atoms with Gasteiger partial charge in [-0.15, -0.1) is 0 Å². The van der Waals surface area contributed by atoms with Crippen molar-refractivity contribution >= 4 is 44.7 Å². The molecule has 1 aromatic carbocycles. The number of pyridine rings is 1. The Morgan fingerprint density at radius 3 is 2.43 bits per heavy atom. The minimum absolute atomic E-state index is 0.0438. The number of anilines is 4. The highest BCUT2D eigenvalue weighted by atomic mass is 32.2. The van der Waals surface area contributed by atoms with Crippen LogP contribution in [0.5, 0.6) is 0 Å². The number of rotatable bonds is 9. The van der Waals surface area contributed by atoms with E-state index in [1.807, 2.05) is 26.0 Å². The highest BCUT2D eigenvalue weighted by molar-refractivity contribution is 7.92. The maximum Gasteiger partial charge on any atom is 0.278 e. The first-order valence-electron chi connectivity index (χ1n) is 11.4. The van der Waals surface area contributed by atoms with Crippen LogP contribution in [0, 0.1) is 11.3 Å². The van der Waals surface area contributed by atoms with E-state index >= 15 is 0 Å². The summed E-state index contributed by atoms with van der Waals surface area (Å²) in [5, 5.41) is 6.00. The second-order valence-electron chi connectivity index (χ2n) is 9.89. The van der Waals surface area contributed by atoms with Crippen molar-refractivity contribution < 1.29 is 22.8 Å². The predicted molar refractivity (Wildman–Crippen MR) is 134 cm³/mol. The van der Waals surface area contributed by atoms with E-state index in [9.17, 15) is 18.0 Å². The van der Waals surface area contributed by atoms with E-state index in [0.29, 0.717) is 23.0 Å². The normalized spacial score (nSPS) is 18.5. The van der Waals surface area contributed by atoms with Gasteiger partial charge >= 0.3 is 0 Å². The Kier molecular flexibility index (Phi) is 6.50. The summed E-state index contributed by atoms with van der Waals surface area (Å²) in [6, 6.07) is 7.16. The van der Waals surface area contributed by atoms with Gasteiger partial charge in [0.1, 0.15) is 5.82 Å². The van der Waals surface area contributed by atoms with Crippen molar-refractivity contribution in [2.75, 3.05) is 35.4 Å². The fraction of sp³-hybridized carbons (Fsp3) is 0.458. The Bertz CT molecular complexity index is 1270. The van der Waals surface area contributed by atoms with Crippen LogP contribution in [0.1, 0.15) is 54.9 Å². The van der Waals surface area contributed by atoms with Gasteiger partial charge in [-0.2, -0.15) is 0 Å². The molecule has 0 saturated heterocycles. The molecule has 2 aromatic rings. The van der Waals surface area contributed by atoms with Crippen LogP contribution in [0.15, 0.2) is 30.5 Å².